The molecule has 0 unspecified atom stereocenters. The molecule has 3 N–H and O–H groups in total. The summed E-state index contributed by atoms with van der Waals surface area (Å²) in [5.41, 5.74) is 0.407. The molecule has 1 heterocycles. The maximum absolute atomic E-state index is 13.1. The summed E-state index contributed by atoms with van der Waals surface area (Å²) in [4.78, 5) is 10.9. The van der Waals surface area contributed by atoms with Crippen molar-refractivity contribution in [1.82, 2.24) is 10.6 Å². The van der Waals surface area contributed by atoms with Gasteiger partial charge in [0, 0.05) is 19.1 Å². The zero-order chi connectivity index (χ0) is 13.2. The normalized spacial score (nSPS) is 19.0. The van der Waals surface area contributed by atoms with Gasteiger partial charge in [0.25, 0.3) is 0 Å². The van der Waals surface area contributed by atoms with Crippen LogP contribution in [0.25, 0.3) is 0 Å². The summed E-state index contributed by atoms with van der Waals surface area (Å²) in [7, 11) is 0. The van der Waals surface area contributed by atoms with Crippen LogP contribution in [0.5, 0.6) is 0 Å². The topological polar surface area (TPSA) is 61.4 Å². The number of hydrogen-bond acceptors (Lipinski definition) is 3. The van der Waals surface area contributed by atoms with E-state index >= 15 is 0 Å². The average molecular weight is 252 g/mol. The molecule has 1 aromatic rings. The summed E-state index contributed by atoms with van der Waals surface area (Å²) < 4.78 is 13.1. The Labute approximate surface area is 105 Å². The van der Waals surface area contributed by atoms with Crippen molar-refractivity contribution < 1.29 is 14.3 Å². The van der Waals surface area contributed by atoms with Crippen molar-refractivity contribution in [2.75, 3.05) is 13.1 Å². The second kappa shape index (κ2) is 5.04. The van der Waals surface area contributed by atoms with Gasteiger partial charge in [-0.2, -0.15) is 0 Å². The number of aliphatic carboxylic acids is 1. The molecule has 0 aromatic heterocycles. The Morgan fingerprint density at radius 2 is 2.33 bits per heavy atom. The Morgan fingerprint density at radius 3 is 2.83 bits per heavy atom. The second-order valence-electron chi connectivity index (χ2n) is 4.88. The lowest BCUT2D eigenvalue weighted by atomic mass is 9.87. The summed E-state index contributed by atoms with van der Waals surface area (Å²) in [5, 5.41) is 15.3. The highest BCUT2D eigenvalue weighted by atomic mass is 19.1. The first-order chi connectivity index (χ1) is 8.51. The quantitative estimate of drug-likeness (QED) is 0.739. The van der Waals surface area contributed by atoms with Gasteiger partial charge < -0.3 is 15.7 Å². The highest BCUT2D eigenvalue weighted by Gasteiger charge is 2.39. The fourth-order valence-corrected chi connectivity index (χ4v) is 2.31. The second-order valence-corrected chi connectivity index (χ2v) is 4.88. The lowest BCUT2D eigenvalue weighted by Crippen LogP contribution is -2.68. The predicted octanol–water partition coefficient (Wildman–Crippen LogP) is 1.29. The standard InChI is InChI=1S/C13H17FN2O2/c1-9(10-3-2-4-11(14)5-10)16-13(6-12(17)18)7-15-8-13/h2-5,9,15-16H,6-8H2,1H3,(H,17,18)/t9-/m1/s1. The first-order valence-electron chi connectivity index (χ1n) is 5.96. The maximum atomic E-state index is 13.1. The monoisotopic (exact) mass is 252 g/mol. The molecule has 5 heteroatoms. The molecular weight excluding hydrogens is 235 g/mol. The number of halogens is 1. The fraction of sp³-hybridized carbons (Fsp3) is 0.462. The van der Waals surface area contributed by atoms with Crippen LogP contribution in [-0.4, -0.2) is 29.7 Å². The Morgan fingerprint density at radius 1 is 1.61 bits per heavy atom. The van der Waals surface area contributed by atoms with E-state index in [1.54, 1.807) is 6.07 Å². The van der Waals surface area contributed by atoms with Crippen LogP contribution in [0.4, 0.5) is 4.39 Å². The van der Waals surface area contributed by atoms with Gasteiger partial charge in [-0.3, -0.25) is 4.79 Å². The van der Waals surface area contributed by atoms with E-state index in [0.717, 1.165) is 5.56 Å². The van der Waals surface area contributed by atoms with Crippen LogP contribution in [0, 0.1) is 5.82 Å². The molecule has 0 aliphatic carbocycles. The largest absolute Gasteiger partial charge is 0.481 e. The third kappa shape index (κ3) is 2.86. The maximum Gasteiger partial charge on any atom is 0.305 e. The molecule has 0 bridgehead atoms. The van der Waals surface area contributed by atoms with Gasteiger partial charge in [-0.1, -0.05) is 12.1 Å². The fourth-order valence-electron chi connectivity index (χ4n) is 2.31. The van der Waals surface area contributed by atoms with Gasteiger partial charge in [0.1, 0.15) is 5.82 Å². The minimum Gasteiger partial charge on any atom is -0.481 e. The molecule has 4 nitrogen and oxygen atoms in total. The molecule has 1 atom stereocenters. The number of nitrogens with one attached hydrogen (secondary N) is 2. The molecule has 0 saturated carbocycles. The molecule has 0 radical (unpaired) electrons. The van der Waals surface area contributed by atoms with E-state index in [0.29, 0.717) is 13.1 Å². The van der Waals surface area contributed by atoms with Gasteiger partial charge in [0.2, 0.25) is 0 Å². The highest BCUT2D eigenvalue weighted by Crippen LogP contribution is 2.22. The van der Waals surface area contributed by atoms with Crippen LogP contribution >= 0.6 is 0 Å². The SMILES string of the molecule is C[C@@H](NC1(CC(=O)O)CNC1)c1cccc(F)c1. The molecule has 1 saturated heterocycles. The Bertz CT molecular complexity index is 446. The number of carboxylic acid groups (broad SMARTS) is 1. The van der Waals surface area contributed by atoms with E-state index in [1.165, 1.54) is 12.1 Å². The van der Waals surface area contributed by atoms with Crippen LogP contribution in [0.2, 0.25) is 0 Å². The van der Waals surface area contributed by atoms with Crippen LogP contribution in [0.3, 0.4) is 0 Å². The zero-order valence-corrected chi connectivity index (χ0v) is 10.2. The van der Waals surface area contributed by atoms with E-state index in [1.807, 2.05) is 13.0 Å². The third-order valence-corrected chi connectivity index (χ3v) is 3.29. The minimum absolute atomic E-state index is 0.0691. The van der Waals surface area contributed by atoms with Crippen molar-refractivity contribution in [3.05, 3.63) is 35.6 Å². The molecule has 98 valence electrons. The van der Waals surface area contributed by atoms with Crippen molar-refractivity contribution >= 4 is 5.97 Å². The summed E-state index contributed by atoms with van der Waals surface area (Å²) in [6.45, 7) is 3.16. The van der Waals surface area contributed by atoms with Gasteiger partial charge in [0.15, 0.2) is 0 Å². The van der Waals surface area contributed by atoms with Gasteiger partial charge in [-0.05, 0) is 24.6 Å². The van der Waals surface area contributed by atoms with Crippen LogP contribution in [-0.2, 0) is 4.79 Å². The van der Waals surface area contributed by atoms with E-state index in [4.69, 9.17) is 5.11 Å². The van der Waals surface area contributed by atoms with Crippen LogP contribution in [0.1, 0.15) is 24.9 Å². The minimum atomic E-state index is -0.824. The number of rotatable bonds is 5. The first kappa shape index (κ1) is 13.0. The van der Waals surface area contributed by atoms with Gasteiger partial charge in [-0.25, -0.2) is 4.39 Å². The summed E-state index contributed by atoms with van der Waals surface area (Å²) in [6, 6.07) is 6.28. The molecule has 1 aliphatic heterocycles. The smallest absolute Gasteiger partial charge is 0.305 e. The van der Waals surface area contributed by atoms with Crippen LogP contribution in [0.15, 0.2) is 24.3 Å². The number of benzene rings is 1. The molecule has 18 heavy (non-hydrogen) atoms. The first-order valence-corrected chi connectivity index (χ1v) is 5.96. The van der Waals surface area contributed by atoms with Gasteiger partial charge >= 0.3 is 5.97 Å². The Hall–Kier alpha value is -1.46. The summed E-state index contributed by atoms with van der Waals surface area (Å²) in [5.74, 6) is -1.10. The van der Waals surface area contributed by atoms with E-state index in [9.17, 15) is 9.18 Å². The number of carbonyl (C=O) groups is 1. The van der Waals surface area contributed by atoms with Crippen molar-refractivity contribution in [2.24, 2.45) is 0 Å². The molecule has 0 amide bonds. The van der Waals surface area contributed by atoms with Crippen molar-refractivity contribution in [1.29, 1.82) is 0 Å². The van der Waals surface area contributed by atoms with E-state index in [2.05, 4.69) is 10.6 Å². The van der Waals surface area contributed by atoms with Crippen molar-refractivity contribution in [2.45, 2.75) is 24.9 Å². The number of carboxylic acids is 1. The van der Waals surface area contributed by atoms with Gasteiger partial charge in [0.05, 0.1) is 12.0 Å². The Kier molecular flexibility index (Phi) is 3.63. The highest BCUT2D eigenvalue weighted by molar-refractivity contribution is 5.68. The molecule has 1 aliphatic rings. The Balaban J connectivity index is 2.06. The van der Waals surface area contributed by atoms with Crippen molar-refractivity contribution in [3.63, 3.8) is 0 Å². The van der Waals surface area contributed by atoms with Crippen molar-refractivity contribution in [3.8, 4) is 0 Å². The molecule has 1 aromatic carbocycles. The van der Waals surface area contributed by atoms with Crippen LogP contribution < -0.4 is 10.6 Å². The predicted molar refractivity (Wildman–Crippen MR) is 65.8 cm³/mol. The average Bonchev–Trinajstić information content (AvgIpc) is 2.25. The lowest BCUT2D eigenvalue weighted by Gasteiger charge is -2.44. The molecule has 2 rings (SSSR count). The zero-order valence-electron chi connectivity index (χ0n) is 10.2. The summed E-state index contributed by atoms with van der Waals surface area (Å²) in [6.07, 6.45) is 0.0691. The molecule has 0 spiro atoms. The third-order valence-electron chi connectivity index (χ3n) is 3.29. The number of hydrogen-bond donors (Lipinski definition) is 3. The van der Waals surface area contributed by atoms with Gasteiger partial charge in [-0.15, -0.1) is 0 Å². The van der Waals surface area contributed by atoms with E-state index in [-0.39, 0.29) is 18.3 Å². The molecule has 1 fully saturated rings. The van der Waals surface area contributed by atoms with E-state index < -0.39 is 11.5 Å². The lowest BCUT2D eigenvalue weighted by molar-refractivity contribution is -0.139. The molecular formula is C13H17FN2O2. The summed E-state index contributed by atoms with van der Waals surface area (Å²) >= 11 is 0.